The number of alkyl halides is 1. The van der Waals surface area contributed by atoms with Gasteiger partial charge in [-0.05, 0) is 133 Å². The zero-order valence-electron chi connectivity index (χ0n) is 39.4. The molecule has 0 spiro atoms. The molecule has 2 saturated heterocycles. The first-order chi connectivity index (χ1) is 34.3. The summed E-state index contributed by atoms with van der Waals surface area (Å²) in [5.74, 6) is 1.95. The molecule has 2 aromatic heterocycles. The van der Waals surface area contributed by atoms with E-state index in [0.717, 1.165) is 116 Å². The molecule has 0 aliphatic carbocycles. The molecule has 8 aromatic rings. The number of rotatable bonds is 16. The summed E-state index contributed by atoms with van der Waals surface area (Å²) in [7, 11) is 0. The Labute approximate surface area is 429 Å². The van der Waals surface area contributed by atoms with Gasteiger partial charge >= 0.3 is 0 Å². The van der Waals surface area contributed by atoms with Gasteiger partial charge in [-0.25, -0.2) is 4.39 Å². The van der Waals surface area contributed by atoms with Gasteiger partial charge in [0.25, 0.3) is 0 Å². The SMILES string of the molecule is CCC1CN(CCOc2ccc(-c3c(C(=O)c4ccc(F)cc4Cl)sc4cc(O)ccc34)cc2)C1.Cc1cc(Cl)cc(C)c1C(=O)c1sc2cc(O)ccc2c1-c1ccc(OCCN2CC(CF)C2)cc1. The fourth-order valence-corrected chi connectivity index (χ4v) is 12.3. The summed E-state index contributed by atoms with van der Waals surface area (Å²) >= 11 is 15.1. The number of phenolic OH excluding ortho intramolecular Hbond substituents is 2. The first kappa shape index (κ1) is 50.1. The molecule has 0 saturated carbocycles. The quantitative estimate of drug-likeness (QED) is 0.0924. The molecule has 2 N–H and O–H groups in total. The molecule has 14 heteroatoms. The molecular formula is C57H52Cl2F2N2O6S2. The number of hydrogen-bond donors (Lipinski definition) is 2. The van der Waals surface area contributed by atoms with Gasteiger partial charge in [0, 0.05) is 92.6 Å². The lowest BCUT2D eigenvalue weighted by molar-refractivity contribution is 0.0668. The van der Waals surface area contributed by atoms with E-state index in [9.17, 15) is 28.6 Å². The number of carbonyl (C=O) groups excluding carboxylic acids is 2. The van der Waals surface area contributed by atoms with Crippen molar-refractivity contribution < 1.29 is 38.1 Å². The highest BCUT2D eigenvalue weighted by Gasteiger charge is 2.28. The van der Waals surface area contributed by atoms with Crippen molar-refractivity contribution in [3.05, 3.63) is 163 Å². The molecule has 10 rings (SSSR count). The summed E-state index contributed by atoms with van der Waals surface area (Å²) in [6, 6.07) is 33.1. The molecular weight excluding hydrogens is 982 g/mol. The number of nitrogens with zero attached hydrogens (tertiary/aromatic N) is 2. The summed E-state index contributed by atoms with van der Waals surface area (Å²) in [4.78, 5) is 33.0. The van der Waals surface area contributed by atoms with Crippen molar-refractivity contribution >= 4 is 77.6 Å². The lowest BCUT2D eigenvalue weighted by atomic mass is 9.94. The van der Waals surface area contributed by atoms with Crippen LogP contribution < -0.4 is 9.47 Å². The standard InChI is InChI=1S/C29H27ClFNO3S.C28H25ClFNO3S/c1-17-11-21(30)12-18(2)26(17)28(34)29-27(24-8-5-22(33)13-25(24)36-29)20-3-6-23(7-4-20)35-10-9-32-15-19(14-31)16-32;1-2-17-15-31(16-17)11-12-34-21-7-3-18(4-8-21)26-23-10-6-20(32)14-25(23)35-28(26)27(33)22-9-5-19(30)13-24(22)29/h3-8,11-13,19,33H,9-10,14-16H2,1-2H3;3-10,13-14,17,32H,2,11-12,15-16H2,1H3. The highest BCUT2D eigenvalue weighted by atomic mass is 35.5. The van der Waals surface area contributed by atoms with E-state index in [0.29, 0.717) is 33.6 Å². The van der Waals surface area contributed by atoms with E-state index in [1.54, 1.807) is 30.3 Å². The molecule has 0 atom stereocenters. The number of benzene rings is 6. The minimum absolute atomic E-state index is 0.0567. The summed E-state index contributed by atoms with van der Waals surface area (Å²) in [6.45, 7) is 12.5. The van der Waals surface area contributed by atoms with Gasteiger partial charge in [0.2, 0.25) is 11.6 Å². The topological polar surface area (TPSA) is 99.5 Å². The lowest BCUT2D eigenvalue weighted by Gasteiger charge is -2.38. The van der Waals surface area contributed by atoms with Crippen LogP contribution in [0.5, 0.6) is 23.0 Å². The molecule has 0 amide bonds. The van der Waals surface area contributed by atoms with E-state index in [4.69, 9.17) is 32.7 Å². The van der Waals surface area contributed by atoms with E-state index < -0.39 is 5.82 Å². The Morgan fingerprint density at radius 1 is 0.648 bits per heavy atom. The van der Waals surface area contributed by atoms with Gasteiger partial charge in [0.15, 0.2) is 0 Å². The number of aromatic hydroxyl groups is 2. The average Bonchev–Trinajstić information content (AvgIpc) is 3.89. The summed E-state index contributed by atoms with van der Waals surface area (Å²) < 4.78 is 39.6. The number of carbonyl (C=O) groups is 2. The van der Waals surface area contributed by atoms with Gasteiger partial charge < -0.3 is 19.7 Å². The van der Waals surface area contributed by atoms with Crippen molar-refractivity contribution in [2.45, 2.75) is 27.2 Å². The molecule has 366 valence electrons. The van der Waals surface area contributed by atoms with Crippen molar-refractivity contribution in [1.29, 1.82) is 0 Å². The van der Waals surface area contributed by atoms with Crippen LogP contribution in [0.1, 0.15) is 54.9 Å². The number of phenols is 2. The van der Waals surface area contributed by atoms with Gasteiger partial charge in [-0.15, -0.1) is 22.7 Å². The summed E-state index contributed by atoms with van der Waals surface area (Å²) in [5.41, 5.74) is 5.91. The normalized spacial score (nSPS) is 14.2. The van der Waals surface area contributed by atoms with E-state index in [1.165, 1.54) is 41.2 Å². The third-order valence-electron chi connectivity index (χ3n) is 13.2. The largest absolute Gasteiger partial charge is 0.508 e. The molecule has 8 nitrogen and oxygen atoms in total. The Hall–Kier alpha value is -5.86. The van der Waals surface area contributed by atoms with Crippen molar-refractivity contribution in [3.8, 4) is 45.3 Å². The number of fused-ring (bicyclic) bond motifs is 2. The first-order valence-electron chi connectivity index (χ1n) is 23.6. The smallest absolute Gasteiger partial charge is 0.205 e. The fraction of sp³-hybridized carbons (Fsp3) is 0.263. The number of ketones is 2. The van der Waals surface area contributed by atoms with Crippen LogP contribution in [0, 0.1) is 31.5 Å². The fourth-order valence-electron chi connectivity index (χ4n) is 9.34. The van der Waals surface area contributed by atoms with Crippen LogP contribution in [0.15, 0.2) is 115 Å². The monoisotopic (exact) mass is 1030 g/mol. The molecule has 4 heterocycles. The number of hydrogen-bond acceptors (Lipinski definition) is 10. The summed E-state index contributed by atoms with van der Waals surface area (Å²) in [5, 5.41) is 22.5. The Bertz CT molecular complexity index is 3210. The third kappa shape index (κ3) is 11.1. The molecule has 71 heavy (non-hydrogen) atoms. The van der Waals surface area contributed by atoms with E-state index in [1.807, 2.05) is 80.6 Å². The average molecular weight is 1030 g/mol. The van der Waals surface area contributed by atoms with Crippen molar-refractivity contribution in [1.82, 2.24) is 9.80 Å². The summed E-state index contributed by atoms with van der Waals surface area (Å²) in [6.07, 6.45) is 1.23. The van der Waals surface area contributed by atoms with Crippen LogP contribution in [0.25, 0.3) is 42.4 Å². The van der Waals surface area contributed by atoms with Crippen molar-refractivity contribution in [3.63, 3.8) is 0 Å². The second kappa shape index (κ2) is 21.9. The molecule has 6 aromatic carbocycles. The van der Waals surface area contributed by atoms with Crippen LogP contribution in [0.4, 0.5) is 8.78 Å². The number of ether oxygens (including phenoxy) is 2. The zero-order valence-corrected chi connectivity index (χ0v) is 42.6. The molecule has 2 fully saturated rings. The lowest BCUT2D eigenvalue weighted by Crippen LogP contribution is -2.49. The number of likely N-dealkylation sites (tertiary alicyclic amines) is 2. The Balaban J connectivity index is 0.000000176. The number of halogens is 4. The highest BCUT2D eigenvalue weighted by molar-refractivity contribution is 7.22. The minimum Gasteiger partial charge on any atom is -0.508 e. The van der Waals surface area contributed by atoms with Crippen LogP contribution >= 0.6 is 45.9 Å². The van der Waals surface area contributed by atoms with Crippen LogP contribution in [0.3, 0.4) is 0 Å². The third-order valence-corrected chi connectivity index (χ3v) is 16.0. The second-order valence-electron chi connectivity index (χ2n) is 18.2. The number of aryl methyl sites for hydroxylation is 2. The maximum atomic E-state index is 13.9. The Morgan fingerprint density at radius 2 is 1.13 bits per heavy atom. The highest BCUT2D eigenvalue weighted by Crippen LogP contribution is 2.44. The van der Waals surface area contributed by atoms with Crippen LogP contribution in [-0.4, -0.2) is 90.7 Å². The second-order valence-corrected chi connectivity index (χ2v) is 21.2. The first-order valence-corrected chi connectivity index (χ1v) is 25.9. The zero-order chi connectivity index (χ0) is 49.9. The maximum absolute atomic E-state index is 13.9. The van der Waals surface area contributed by atoms with E-state index in [-0.39, 0.29) is 46.2 Å². The van der Waals surface area contributed by atoms with Gasteiger partial charge in [0.05, 0.1) is 21.5 Å². The minimum atomic E-state index is -0.497. The Morgan fingerprint density at radius 3 is 1.59 bits per heavy atom. The Kier molecular flexibility index (Phi) is 15.4. The molecule has 0 bridgehead atoms. The van der Waals surface area contributed by atoms with E-state index in [2.05, 4.69) is 16.7 Å². The maximum Gasteiger partial charge on any atom is 0.205 e. The van der Waals surface area contributed by atoms with Gasteiger partial charge in [-0.1, -0.05) is 60.8 Å². The number of thiophene rings is 2. The van der Waals surface area contributed by atoms with Crippen LogP contribution in [-0.2, 0) is 0 Å². The van der Waals surface area contributed by atoms with Crippen molar-refractivity contribution in [2.24, 2.45) is 11.8 Å². The van der Waals surface area contributed by atoms with E-state index >= 15 is 0 Å². The van der Waals surface area contributed by atoms with Crippen LogP contribution in [0.2, 0.25) is 10.0 Å². The molecule has 2 aliphatic heterocycles. The van der Waals surface area contributed by atoms with Gasteiger partial charge in [-0.3, -0.25) is 23.8 Å². The predicted molar refractivity (Wildman–Crippen MR) is 284 cm³/mol. The molecule has 0 unspecified atom stereocenters. The molecule has 2 aliphatic rings. The predicted octanol–water partition coefficient (Wildman–Crippen LogP) is 14.1. The van der Waals surface area contributed by atoms with Gasteiger partial charge in [-0.2, -0.15) is 0 Å². The molecule has 0 radical (unpaired) electrons. The van der Waals surface area contributed by atoms with Crippen molar-refractivity contribution in [2.75, 3.05) is 59.2 Å². The van der Waals surface area contributed by atoms with Gasteiger partial charge in [0.1, 0.15) is 42.0 Å².